The smallest absolute Gasteiger partial charge is 0.0791 e. The van der Waals surface area contributed by atoms with Gasteiger partial charge in [-0.1, -0.05) is 6.92 Å². The van der Waals surface area contributed by atoms with Gasteiger partial charge in [-0.25, -0.2) is 0 Å². The zero-order valence-electron chi connectivity index (χ0n) is 12.2. The number of likely N-dealkylation sites (tertiary alicyclic amines) is 1. The first-order valence-electron chi connectivity index (χ1n) is 6.95. The molecule has 0 aromatic rings. The van der Waals surface area contributed by atoms with Gasteiger partial charge < -0.3 is 10.4 Å². The van der Waals surface area contributed by atoms with E-state index in [9.17, 15) is 5.11 Å². The van der Waals surface area contributed by atoms with E-state index in [2.05, 4.69) is 44.8 Å². The highest BCUT2D eigenvalue weighted by molar-refractivity contribution is 4.80. The SMILES string of the molecule is CC1CCC(C)N(CC(O)CNC(C)(C)C)C1. The number of rotatable bonds is 4. The summed E-state index contributed by atoms with van der Waals surface area (Å²) in [4.78, 5) is 2.43. The van der Waals surface area contributed by atoms with Crippen LogP contribution >= 0.6 is 0 Å². The fraction of sp³-hybridized carbons (Fsp3) is 1.00. The topological polar surface area (TPSA) is 35.5 Å². The zero-order valence-corrected chi connectivity index (χ0v) is 12.2. The number of aliphatic hydroxyl groups excluding tert-OH is 1. The number of nitrogens with zero attached hydrogens (tertiary/aromatic N) is 1. The third-order valence-electron chi connectivity index (χ3n) is 3.56. The molecule has 3 atom stereocenters. The molecule has 1 rings (SSSR count). The summed E-state index contributed by atoms with van der Waals surface area (Å²) in [7, 11) is 0. The average molecular weight is 242 g/mol. The molecular weight excluding hydrogens is 212 g/mol. The molecule has 3 heteroatoms. The fourth-order valence-electron chi connectivity index (χ4n) is 2.39. The summed E-state index contributed by atoms with van der Waals surface area (Å²) in [6.45, 7) is 13.6. The van der Waals surface area contributed by atoms with E-state index in [1.54, 1.807) is 0 Å². The van der Waals surface area contributed by atoms with E-state index in [4.69, 9.17) is 0 Å². The molecule has 0 bridgehead atoms. The number of β-amino-alcohol motifs (C(OH)–C–C–N with tert-alkyl or cyclic N) is 1. The summed E-state index contributed by atoms with van der Waals surface area (Å²) in [5.41, 5.74) is 0.0851. The van der Waals surface area contributed by atoms with Gasteiger partial charge in [0, 0.05) is 31.2 Å². The van der Waals surface area contributed by atoms with Crippen LogP contribution in [0.2, 0.25) is 0 Å². The van der Waals surface area contributed by atoms with Crippen LogP contribution in [0.25, 0.3) is 0 Å². The van der Waals surface area contributed by atoms with Crippen molar-refractivity contribution in [1.82, 2.24) is 10.2 Å². The Balaban J connectivity index is 2.31. The van der Waals surface area contributed by atoms with E-state index >= 15 is 0 Å². The second-order valence-corrected chi connectivity index (χ2v) is 6.77. The van der Waals surface area contributed by atoms with Crippen LogP contribution in [-0.2, 0) is 0 Å². The molecule has 0 aromatic carbocycles. The highest BCUT2D eigenvalue weighted by atomic mass is 16.3. The largest absolute Gasteiger partial charge is 0.390 e. The first-order valence-corrected chi connectivity index (χ1v) is 6.95. The van der Waals surface area contributed by atoms with Gasteiger partial charge in [-0.2, -0.15) is 0 Å². The summed E-state index contributed by atoms with van der Waals surface area (Å²) >= 11 is 0. The molecule has 1 heterocycles. The molecule has 0 radical (unpaired) electrons. The molecule has 1 saturated heterocycles. The van der Waals surface area contributed by atoms with Crippen LogP contribution in [-0.4, -0.2) is 47.3 Å². The molecular formula is C14H30N2O. The van der Waals surface area contributed by atoms with Gasteiger partial charge in [-0.05, 0) is 46.5 Å². The quantitative estimate of drug-likeness (QED) is 0.790. The molecule has 2 N–H and O–H groups in total. The lowest BCUT2D eigenvalue weighted by Crippen LogP contribution is -2.49. The Morgan fingerprint density at radius 2 is 1.94 bits per heavy atom. The molecule has 0 aromatic heterocycles. The van der Waals surface area contributed by atoms with Crippen molar-refractivity contribution < 1.29 is 5.11 Å². The van der Waals surface area contributed by atoms with E-state index in [1.807, 2.05) is 0 Å². The Hall–Kier alpha value is -0.120. The average Bonchev–Trinajstić information content (AvgIpc) is 2.20. The molecule has 0 amide bonds. The molecule has 1 fully saturated rings. The number of aliphatic hydroxyl groups is 1. The van der Waals surface area contributed by atoms with Crippen molar-refractivity contribution in [2.24, 2.45) is 5.92 Å². The van der Waals surface area contributed by atoms with Crippen molar-refractivity contribution in [3.8, 4) is 0 Å². The number of hydrogen-bond acceptors (Lipinski definition) is 3. The first kappa shape index (κ1) is 14.9. The predicted octanol–water partition coefficient (Wildman–Crippen LogP) is 1.86. The summed E-state index contributed by atoms with van der Waals surface area (Å²) in [5.74, 6) is 0.772. The van der Waals surface area contributed by atoms with Crippen molar-refractivity contribution >= 4 is 0 Å². The zero-order chi connectivity index (χ0) is 13.1. The Morgan fingerprint density at radius 1 is 1.29 bits per heavy atom. The van der Waals surface area contributed by atoms with Gasteiger partial charge in [0.05, 0.1) is 6.10 Å². The van der Waals surface area contributed by atoms with Crippen molar-refractivity contribution in [1.29, 1.82) is 0 Å². The number of nitrogens with one attached hydrogen (secondary N) is 1. The lowest BCUT2D eigenvalue weighted by Gasteiger charge is -2.38. The van der Waals surface area contributed by atoms with Gasteiger partial charge in [0.1, 0.15) is 0 Å². The second kappa shape index (κ2) is 6.17. The molecule has 17 heavy (non-hydrogen) atoms. The lowest BCUT2D eigenvalue weighted by atomic mass is 9.95. The Bertz CT molecular complexity index is 225. The molecule has 0 saturated carbocycles. The van der Waals surface area contributed by atoms with Gasteiger partial charge in [0.2, 0.25) is 0 Å². The summed E-state index contributed by atoms with van der Waals surface area (Å²) in [5, 5.41) is 13.4. The molecule has 0 spiro atoms. The normalized spacial score (nSPS) is 29.3. The van der Waals surface area contributed by atoms with Crippen molar-refractivity contribution in [3.63, 3.8) is 0 Å². The van der Waals surface area contributed by atoms with Crippen LogP contribution < -0.4 is 5.32 Å². The minimum absolute atomic E-state index is 0.0851. The van der Waals surface area contributed by atoms with Crippen LogP contribution in [0.3, 0.4) is 0 Å². The Morgan fingerprint density at radius 3 is 2.53 bits per heavy atom. The minimum atomic E-state index is -0.262. The number of hydrogen-bond donors (Lipinski definition) is 2. The van der Waals surface area contributed by atoms with E-state index < -0.39 is 0 Å². The molecule has 102 valence electrons. The van der Waals surface area contributed by atoms with Gasteiger partial charge in [-0.15, -0.1) is 0 Å². The van der Waals surface area contributed by atoms with Crippen molar-refractivity contribution in [2.75, 3.05) is 19.6 Å². The Kier molecular flexibility index (Phi) is 5.42. The van der Waals surface area contributed by atoms with Crippen molar-refractivity contribution in [2.45, 2.75) is 65.1 Å². The van der Waals surface area contributed by atoms with E-state index in [0.29, 0.717) is 12.6 Å². The lowest BCUT2D eigenvalue weighted by molar-refractivity contribution is 0.0543. The monoisotopic (exact) mass is 242 g/mol. The first-order chi connectivity index (χ1) is 7.78. The third kappa shape index (κ3) is 5.84. The maximum Gasteiger partial charge on any atom is 0.0791 e. The van der Waals surface area contributed by atoms with Crippen LogP contribution in [0.4, 0.5) is 0 Å². The molecule has 1 aliphatic rings. The standard InChI is InChI=1S/C14H30N2O/c1-11-6-7-12(2)16(9-11)10-13(17)8-15-14(3,4)5/h11-13,15,17H,6-10H2,1-5H3. The molecule has 0 aliphatic carbocycles. The van der Waals surface area contributed by atoms with Crippen LogP contribution in [0, 0.1) is 5.92 Å². The Labute approximate surface area is 107 Å². The predicted molar refractivity (Wildman–Crippen MR) is 73.2 cm³/mol. The summed E-state index contributed by atoms with van der Waals surface area (Å²) in [6, 6.07) is 0.621. The highest BCUT2D eigenvalue weighted by Gasteiger charge is 2.24. The molecule has 1 aliphatic heterocycles. The fourth-order valence-corrected chi connectivity index (χ4v) is 2.39. The third-order valence-corrected chi connectivity index (χ3v) is 3.56. The number of piperidine rings is 1. The van der Waals surface area contributed by atoms with E-state index in [0.717, 1.165) is 19.0 Å². The van der Waals surface area contributed by atoms with Gasteiger partial charge in [0.15, 0.2) is 0 Å². The summed E-state index contributed by atoms with van der Waals surface area (Å²) < 4.78 is 0. The minimum Gasteiger partial charge on any atom is -0.390 e. The maximum atomic E-state index is 10.1. The van der Waals surface area contributed by atoms with Gasteiger partial charge in [0.25, 0.3) is 0 Å². The van der Waals surface area contributed by atoms with E-state index in [-0.39, 0.29) is 11.6 Å². The van der Waals surface area contributed by atoms with Crippen LogP contribution in [0.5, 0.6) is 0 Å². The van der Waals surface area contributed by atoms with Crippen molar-refractivity contribution in [3.05, 3.63) is 0 Å². The molecule has 3 unspecified atom stereocenters. The van der Waals surface area contributed by atoms with Crippen LogP contribution in [0.1, 0.15) is 47.5 Å². The second-order valence-electron chi connectivity index (χ2n) is 6.77. The highest BCUT2D eigenvalue weighted by Crippen LogP contribution is 2.21. The van der Waals surface area contributed by atoms with E-state index in [1.165, 1.54) is 12.8 Å². The summed E-state index contributed by atoms with van der Waals surface area (Å²) in [6.07, 6.45) is 2.33. The van der Waals surface area contributed by atoms with Gasteiger partial charge in [-0.3, -0.25) is 4.90 Å². The maximum absolute atomic E-state index is 10.1. The van der Waals surface area contributed by atoms with Crippen LogP contribution in [0.15, 0.2) is 0 Å². The molecule has 3 nitrogen and oxygen atoms in total. The van der Waals surface area contributed by atoms with Gasteiger partial charge >= 0.3 is 0 Å².